The van der Waals surface area contributed by atoms with E-state index >= 15 is 0 Å². The lowest BCUT2D eigenvalue weighted by Gasteiger charge is -2.12. The van der Waals surface area contributed by atoms with E-state index in [-0.39, 0.29) is 10.9 Å². The van der Waals surface area contributed by atoms with Crippen LogP contribution >= 0.6 is 0 Å². The Labute approximate surface area is 103 Å². The van der Waals surface area contributed by atoms with Gasteiger partial charge in [0.2, 0.25) is 10.0 Å². The maximum atomic E-state index is 11.9. The largest absolute Gasteiger partial charge is 0.326 e. The third kappa shape index (κ3) is 3.96. The van der Waals surface area contributed by atoms with Crippen LogP contribution < -0.4 is 10.5 Å². The molecule has 1 aromatic rings. The van der Waals surface area contributed by atoms with Crippen molar-refractivity contribution < 1.29 is 8.42 Å². The monoisotopic (exact) mass is 254 g/mol. The van der Waals surface area contributed by atoms with E-state index in [1.54, 1.807) is 37.3 Å². The van der Waals surface area contributed by atoms with Crippen LogP contribution in [0.15, 0.2) is 41.8 Å². The summed E-state index contributed by atoms with van der Waals surface area (Å²) in [5.74, 6) is 0. The molecule has 17 heavy (non-hydrogen) atoms. The summed E-state index contributed by atoms with van der Waals surface area (Å²) in [5.41, 5.74) is 6.36. The Balaban J connectivity index is 2.85. The van der Waals surface area contributed by atoms with E-state index in [1.165, 1.54) is 0 Å². The zero-order chi connectivity index (χ0) is 12.9. The van der Waals surface area contributed by atoms with Gasteiger partial charge in [0.25, 0.3) is 0 Å². The second kappa shape index (κ2) is 5.95. The molecule has 0 saturated carbocycles. The van der Waals surface area contributed by atoms with Crippen LogP contribution in [0.2, 0.25) is 0 Å². The van der Waals surface area contributed by atoms with Crippen molar-refractivity contribution in [2.75, 3.05) is 0 Å². The summed E-state index contributed by atoms with van der Waals surface area (Å²) in [6.07, 6.45) is 2.28. The Morgan fingerprint density at radius 1 is 1.41 bits per heavy atom. The Kier molecular flexibility index (Phi) is 4.86. The zero-order valence-electron chi connectivity index (χ0n) is 9.89. The van der Waals surface area contributed by atoms with Gasteiger partial charge in [0.15, 0.2) is 0 Å². The molecule has 0 radical (unpaired) electrons. The first-order valence-electron chi connectivity index (χ1n) is 5.42. The first-order chi connectivity index (χ1) is 7.99. The highest BCUT2D eigenvalue weighted by Crippen LogP contribution is 2.11. The standard InChI is InChI=1S/C12H18N2O2S/c1-3-4-10(2)14-17(15,16)12-7-5-11(9-13)6-8-12/h3,5-8,10,14H,1,4,9,13H2,2H3. The molecule has 0 fully saturated rings. The van der Waals surface area contributed by atoms with Crippen LogP contribution in [-0.4, -0.2) is 14.5 Å². The smallest absolute Gasteiger partial charge is 0.240 e. The molecule has 0 aromatic heterocycles. The van der Waals surface area contributed by atoms with Crippen molar-refractivity contribution in [1.82, 2.24) is 4.72 Å². The van der Waals surface area contributed by atoms with E-state index in [0.717, 1.165) is 5.56 Å². The van der Waals surface area contributed by atoms with Gasteiger partial charge in [-0.05, 0) is 31.0 Å². The third-order valence-electron chi connectivity index (χ3n) is 2.35. The van der Waals surface area contributed by atoms with Crippen LogP contribution in [0, 0.1) is 0 Å². The first-order valence-corrected chi connectivity index (χ1v) is 6.90. The molecule has 3 N–H and O–H groups in total. The van der Waals surface area contributed by atoms with Crippen LogP contribution in [-0.2, 0) is 16.6 Å². The van der Waals surface area contributed by atoms with Crippen molar-refractivity contribution in [3.63, 3.8) is 0 Å². The lowest BCUT2D eigenvalue weighted by atomic mass is 10.2. The van der Waals surface area contributed by atoms with Gasteiger partial charge in [-0.3, -0.25) is 0 Å². The highest BCUT2D eigenvalue weighted by atomic mass is 32.2. The fourth-order valence-electron chi connectivity index (χ4n) is 1.44. The molecule has 94 valence electrons. The summed E-state index contributed by atoms with van der Waals surface area (Å²) in [7, 11) is -3.45. The second-order valence-electron chi connectivity index (χ2n) is 3.89. The zero-order valence-corrected chi connectivity index (χ0v) is 10.7. The maximum Gasteiger partial charge on any atom is 0.240 e. The van der Waals surface area contributed by atoms with E-state index in [1.807, 2.05) is 0 Å². The van der Waals surface area contributed by atoms with Crippen LogP contribution in [0.4, 0.5) is 0 Å². The summed E-state index contributed by atoms with van der Waals surface area (Å²) in [6.45, 7) is 5.78. The van der Waals surface area contributed by atoms with Crippen LogP contribution in [0.5, 0.6) is 0 Å². The summed E-state index contributed by atoms with van der Waals surface area (Å²) in [4.78, 5) is 0.255. The Morgan fingerprint density at radius 2 is 2.00 bits per heavy atom. The van der Waals surface area contributed by atoms with Crippen molar-refractivity contribution in [3.05, 3.63) is 42.5 Å². The van der Waals surface area contributed by atoms with Crippen LogP contribution in [0.1, 0.15) is 18.9 Å². The molecule has 1 aromatic carbocycles. The van der Waals surface area contributed by atoms with Crippen molar-refractivity contribution in [2.45, 2.75) is 30.8 Å². The maximum absolute atomic E-state index is 11.9. The summed E-state index contributed by atoms with van der Waals surface area (Å²) >= 11 is 0. The van der Waals surface area contributed by atoms with Crippen LogP contribution in [0.25, 0.3) is 0 Å². The summed E-state index contributed by atoms with van der Waals surface area (Å²) in [5, 5.41) is 0. The van der Waals surface area contributed by atoms with Gasteiger partial charge in [-0.15, -0.1) is 6.58 Å². The number of nitrogens with one attached hydrogen (secondary N) is 1. The van der Waals surface area contributed by atoms with Gasteiger partial charge >= 0.3 is 0 Å². The minimum atomic E-state index is -3.45. The minimum Gasteiger partial charge on any atom is -0.326 e. The number of sulfonamides is 1. The number of hydrogen-bond acceptors (Lipinski definition) is 3. The predicted octanol–water partition coefficient (Wildman–Crippen LogP) is 1.39. The topological polar surface area (TPSA) is 72.2 Å². The van der Waals surface area contributed by atoms with E-state index in [9.17, 15) is 8.42 Å². The van der Waals surface area contributed by atoms with Crippen LogP contribution in [0.3, 0.4) is 0 Å². The van der Waals surface area contributed by atoms with E-state index < -0.39 is 10.0 Å². The number of nitrogens with two attached hydrogens (primary N) is 1. The molecule has 0 spiro atoms. The first kappa shape index (κ1) is 13.9. The quantitative estimate of drug-likeness (QED) is 0.753. The Bertz CT molecular complexity index is 466. The number of hydrogen-bond donors (Lipinski definition) is 2. The molecule has 0 amide bonds. The Hall–Kier alpha value is -1.17. The summed E-state index contributed by atoms with van der Waals surface area (Å²) in [6, 6.07) is 6.39. The molecule has 5 heteroatoms. The highest BCUT2D eigenvalue weighted by molar-refractivity contribution is 7.89. The van der Waals surface area contributed by atoms with Gasteiger partial charge in [-0.2, -0.15) is 0 Å². The van der Waals surface area contributed by atoms with Crippen molar-refractivity contribution >= 4 is 10.0 Å². The van der Waals surface area contributed by atoms with E-state index in [4.69, 9.17) is 5.73 Å². The lowest BCUT2D eigenvalue weighted by molar-refractivity contribution is 0.562. The van der Waals surface area contributed by atoms with E-state index in [2.05, 4.69) is 11.3 Å². The number of rotatable bonds is 6. The molecule has 4 nitrogen and oxygen atoms in total. The van der Waals surface area contributed by atoms with Gasteiger partial charge in [-0.1, -0.05) is 18.2 Å². The molecular weight excluding hydrogens is 236 g/mol. The number of benzene rings is 1. The van der Waals surface area contributed by atoms with Gasteiger partial charge in [0, 0.05) is 12.6 Å². The molecule has 1 rings (SSSR count). The molecule has 0 saturated heterocycles. The third-order valence-corrected chi connectivity index (χ3v) is 3.95. The molecule has 1 unspecified atom stereocenters. The van der Waals surface area contributed by atoms with Crippen molar-refractivity contribution in [1.29, 1.82) is 0 Å². The molecule has 0 bridgehead atoms. The summed E-state index contributed by atoms with van der Waals surface area (Å²) < 4.78 is 26.5. The molecule has 0 heterocycles. The van der Waals surface area contributed by atoms with E-state index in [0.29, 0.717) is 13.0 Å². The van der Waals surface area contributed by atoms with Gasteiger partial charge in [-0.25, -0.2) is 13.1 Å². The SMILES string of the molecule is C=CCC(C)NS(=O)(=O)c1ccc(CN)cc1. The predicted molar refractivity (Wildman–Crippen MR) is 68.9 cm³/mol. The normalized spacial score (nSPS) is 13.3. The Morgan fingerprint density at radius 3 is 2.47 bits per heavy atom. The fraction of sp³-hybridized carbons (Fsp3) is 0.333. The van der Waals surface area contributed by atoms with Gasteiger partial charge in [0.1, 0.15) is 0 Å². The fourth-order valence-corrected chi connectivity index (χ4v) is 2.69. The molecule has 0 aliphatic heterocycles. The average molecular weight is 254 g/mol. The second-order valence-corrected chi connectivity index (χ2v) is 5.61. The molecular formula is C12H18N2O2S. The van der Waals surface area contributed by atoms with Gasteiger partial charge in [0.05, 0.1) is 4.90 Å². The molecule has 0 aliphatic carbocycles. The highest BCUT2D eigenvalue weighted by Gasteiger charge is 2.16. The minimum absolute atomic E-state index is 0.160. The van der Waals surface area contributed by atoms with Crippen molar-refractivity contribution in [2.24, 2.45) is 5.73 Å². The molecule has 0 aliphatic rings. The molecule has 1 atom stereocenters. The van der Waals surface area contributed by atoms with Gasteiger partial charge < -0.3 is 5.73 Å². The average Bonchev–Trinajstić information content (AvgIpc) is 2.28. The van der Waals surface area contributed by atoms with Crippen molar-refractivity contribution in [3.8, 4) is 0 Å². The lowest BCUT2D eigenvalue weighted by Crippen LogP contribution is -2.32.